The zero-order chi connectivity index (χ0) is 19.0. The molecule has 0 aliphatic heterocycles. The first-order valence-electron chi connectivity index (χ1n) is 8.45. The number of aromatic nitrogens is 1. The van der Waals surface area contributed by atoms with Crippen LogP contribution in [0.3, 0.4) is 0 Å². The summed E-state index contributed by atoms with van der Waals surface area (Å²) in [5, 5.41) is 5.04. The third-order valence-electron chi connectivity index (χ3n) is 4.36. The third kappa shape index (κ3) is 3.68. The molecule has 136 valence electrons. The maximum atomic E-state index is 12.6. The van der Waals surface area contributed by atoms with Gasteiger partial charge in [-0.2, -0.15) is 0 Å². The van der Waals surface area contributed by atoms with Crippen LogP contribution >= 0.6 is 27.3 Å². The van der Waals surface area contributed by atoms with E-state index in [2.05, 4.69) is 52.4 Å². The van der Waals surface area contributed by atoms with Gasteiger partial charge in [-0.05, 0) is 48.9 Å². The molecule has 0 saturated carbocycles. The van der Waals surface area contributed by atoms with Crippen LogP contribution in [0.5, 0.6) is 5.75 Å². The standard InChI is InChI=1S/C21H17BrN2O2S/c1-12-3-4-13-8-14-10-19(27-21(14)24-17(13)7-12)20(25)23-11-15-9-16(22)5-6-18(15)26-2/h3-10H,11H2,1-2H3,(H,23,25). The number of aryl methyl sites for hydroxylation is 1. The normalized spacial score (nSPS) is 11.1. The number of hydrogen-bond donors (Lipinski definition) is 1. The first-order chi connectivity index (χ1) is 13.0. The number of nitrogens with one attached hydrogen (secondary N) is 1. The van der Waals surface area contributed by atoms with E-state index in [1.54, 1.807) is 7.11 Å². The van der Waals surface area contributed by atoms with Crippen molar-refractivity contribution in [3.63, 3.8) is 0 Å². The molecule has 2 aromatic carbocycles. The second-order valence-corrected chi connectivity index (χ2v) is 8.27. The molecular formula is C21H17BrN2O2S. The number of nitrogens with zero attached hydrogens (tertiary/aromatic N) is 1. The lowest BCUT2D eigenvalue weighted by Gasteiger charge is -2.09. The Labute approximate surface area is 169 Å². The van der Waals surface area contributed by atoms with Crippen molar-refractivity contribution in [3.05, 3.63) is 69.0 Å². The van der Waals surface area contributed by atoms with Crippen molar-refractivity contribution in [1.29, 1.82) is 0 Å². The second kappa shape index (κ2) is 7.29. The van der Waals surface area contributed by atoms with E-state index in [4.69, 9.17) is 9.72 Å². The van der Waals surface area contributed by atoms with E-state index in [0.717, 1.165) is 36.9 Å². The van der Waals surface area contributed by atoms with Gasteiger partial charge in [0, 0.05) is 27.4 Å². The highest BCUT2D eigenvalue weighted by Crippen LogP contribution is 2.28. The topological polar surface area (TPSA) is 51.2 Å². The zero-order valence-corrected chi connectivity index (χ0v) is 17.3. The van der Waals surface area contributed by atoms with Gasteiger partial charge < -0.3 is 10.1 Å². The summed E-state index contributed by atoms with van der Waals surface area (Å²) in [7, 11) is 1.62. The first-order valence-corrected chi connectivity index (χ1v) is 10.1. The Morgan fingerprint density at radius 1 is 1.15 bits per heavy atom. The van der Waals surface area contributed by atoms with Crippen LogP contribution in [0, 0.1) is 6.92 Å². The molecular weight excluding hydrogens is 424 g/mol. The highest BCUT2D eigenvalue weighted by molar-refractivity contribution is 9.10. The van der Waals surface area contributed by atoms with Gasteiger partial charge in [0.1, 0.15) is 10.6 Å². The summed E-state index contributed by atoms with van der Waals surface area (Å²) in [6, 6.07) is 15.9. The van der Waals surface area contributed by atoms with Gasteiger partial charge >= 0.3 is 0 Å². The van der Waals surface area contributed by atoms with Crippen LogP contribution in [-0.2, 0) is 6.54 Å². The lowest BCUT2D eigenvalue weighted by atomic mass is 10.1. The molecule has 6 heteroatoms. The Morgan fingerprint density at radius 3 is 2.81 bits per heavy atom. The Kier molecular flexibility index (Phi) is 4.85. The Balaban J connectivity index is 1.59. The van der Waals surface area contributed by atoms with E-state index in [0.29, 0.717) is 11.4 Å². The van der Waals surface area contributed by atoms with Gasteiger partial charge in [-0.1, -0.05) is 28.1 Å². The molecule has 0 aliphatic rings. The number of ether oxygens (including phenoxy) is 1. The third-order valence-corrected chi connectivity index (χ3v) is 5.90. The van der Waals surface area contributed by atoms with Gasteiger partial charge in [-0.25, -0.2) is 4.98 Å². The highest BCUT2D eigenvalue weighted by Gasteiger charge is 2.13. The predicted octanol–water partition coefficient (Wildman–Crippen LogP) is 5.46. The van der Waals surface area contributed by atoms with Crippen molar-refractivity contribution in [2.45, 2.75) is 13.5 Å². The molecule has 0 unspecified atom stereocenters. The summed E-state index contributed by atoms with van der Waals surface area (Å²) in [6.45, 7) is 2.44. The molecule has 1 N–H and O–H groups in total. The summed E-state index contributed by atoms with van der Waals surface area (Å²) in [5.74, 6) is 0.637. The van der Waals surface area contributed by atoms with E-state index in [-0.39, 0.29) is 5.91 Å². The molecule has 0 bridgehead atoms. The average molecular weight is 441 g/mol. The molecule has 0 spiro atoms. The van der Waals surface area contributed by atoms with Crippen molar-refractivity contribution in [2.24, 2.45) is 0 Å². The molecule has 27 heavy (non-hydrogen) atoms. The Morgan fingerprint density at radius 2 is 2.00 bits per heavy atom. The Bertz CT molecular complexity index is 1170. The maximum absolute atomic E-state index is 12.6. The number of benzene rings is 2. The van der Waals surface area contributed by atoms with Crippen molar-refractivity contribution in [3.8, 4) is 5.75 Å². The van der Waals surface area contributed by atoms with Crippen molar-refractivity contribution >= 4 is 54.3 Å². The molecule has 1 amide bonds. The fraction of sp³-hybridized carbons (Fsp3) is 0.143. The lowest BCUT2D eigenvalue weighted by molar-refractivity contribution is 0.0955. The van der Waals surface area contributed by atoms with Crippen LogP contribution in [0.1, 0.15) is 20.8 Å². The van der Waals surface area contributed by atoms with Crippen LogP contribution in [0.15, 0.2) is 53.0 Å². The number of rotatable bonds is 4. The van der Waals surface area contributed by atoms with E-state index < -0.39 is 0 Å². The van der Waals surface area contributed by atoms with Crippen LogP contribution < -0.4 is 10.1 Å². The molecule has 0 fully saturated rings. The van der Waals surface area contributed by atoms with Gasteiger partial charge in [0.05, 0.1) is 17.5 Å². The van der Waals surface area contributed by atoms with Crippen molar-refractivity contribution < 1.29 is 9.53 Å². The zero-order valence-electron chi connectivity index (χ0n) is 14.9. The van der Waals surface area contributed by atoms with Crippen LogP contribution in [0.4, 0.5) is 0 Å². The number of fused-ring (bicyclic) bond motifs is 2. The van der Waals surface area contributed by atoms with E-state index in [9.17, 15) is 4.79 Å². The van der Waals surface area contributed by atoms with Gasteiger partial charge in [0.2, 0.25) is 0 Å². The van der Waals surface area contributed by atoms with Gasteiger partial charge in [-0.15, -0.1) is 11.3 Å². The number of methoxy groups -OCH3 is 1. The van der Waals surface area contributed by atoms with Gasteiger partial charge in [0.25, 0.3) is 5.91 Å². The fourth-order valence-electron chi connectivity index (χ4n) is 3.00. The number of amides is 1. The molecule has 0 radical (unpaired) electrons. The van der Waals surface area contributed by atoms with Crippen LogP contribution in [0.25, 0.3) is 21.1 Å². The molecule has 2 heterocycles. The largest absolute Gasteiger partial charge is 0.496 e. The van der Waals surface area contributed by atoms with Crippen molar-refractivity contribution in [1.82, 2.24) is 10.3 Å². The fourth-order valence-corrected chi connectivity index (χ4v) is 4.34. The number of carbonyl (C=O) groups excluding carboxylic acids is 1. The number of thiophene rings is 1. The molecule has 0 saturated heterocycles. The number of carbonyl (C=O) groups is 1. The summed E-state index contributed by atoms with van der Waals surface area (Å²) < 4.78 is 6.31. The predicted molar refractivity (Wildman–Crippen MR) is 114 cm³/mol. The number of hydrogen-bond acceptors (Lipinski definition) is 4. The quantitative estimate of drug-likeness (QED) is 0.458. The summed E-state index contributed by atoms with van der Waals surface area (Å²) in [4.78, 5) is 18.9. The number of pyridine rings is 1. The maximum Gasteiger partial charge on any atom is 0.261 e. The van der Waals surface area contributed by atoms with Crippen LogP contribution in [0.2, 0.25) is 0 Å². The van der Waals surface area contributed by atoms with Gasteiger partial charge in [-0.3, -0.25) is 4.79 Å². The highest BCUT2D eigenvalue weighted by atomic mass is 79.9. The molecule has 0 aliphatic carbocycles. The molecule has 4 aromatic rings. The Hall–Kier alpha value is -2.44. The van der Waals surface area contributed by atoms with E-state index in [1.807, 2.05) is 24.3 Å². The van der Waals surface area contributed by atoms with E-state index in [1.165, 1.54) is 16.9 Å². The minimum atomic E-state index is -0.111. The molecule has 0 atom stereocenters. The second-order valence-electron chi connectivity index (χ2n) is 6.33. The smallest absolute Gasteiger partial charge is 0.261 e. The summed E-state index contributed by atoms with van der Waals surface area (Å²) in [5.41, 5.74) is 3.04. The SMILES string of the molecule is COc1ccc(Br)cc1CNC(=O)c1cc2cc3ccc(C)cc3nc2s1. The monoisotopic (exact) mass is 440 g/mol. The molecule has 2 aromatic heterocycles. The van der Waals surface area contributed by atoms with E-state index >= 15 is 0 Å². The minimum absolute atomic E-state index is 0.111. The summed E-state index contributed by atoms with van der Waals surface area (Å²) >= 11 is 4.86. The number of halogens is 1. The average Bonchev–Trinajstić information content (AvgIpc) is 3.07. The molecule has 4 nitrogen and oxygen atoms in total. The van der Waals surface area contributed by atoms with Crippen LogP contribution in [-0.4, -0.2) is 18.0 Å². The van der Waals surface area contributed by atoms with Crippen molar-refractivity contribution in [2.75, 3.05) is 7.11 Å². The first kappa shape index (κ1) is 17.9. The molecule has 4 rings (SSSR count). The minimum Gasteiger partial charge on any atom is -0.496 e. The lowest BCUT2D eigenvalue weighted by Crippen LogP contribution is -2.22. The summed E-state index contributed by atoms with van der Waals surface area (Å²) in [6.07, 6.45) is 0. The van der Waals surface area contributed by atoms with Gasteiger partial charge in [0.15, 0.2) is 0 Å².